The molecule has 3 nitrogen and oxygen atoms in total. The quantitative estimate of drug-likeness (QED) is 0.829. The van der Waals surface area contributed by atoms with Gasteiger partial charge in [-0.05, 0) is 42.4 Å². The Hall–Kier alpha value is -2.42. The van der Waals surface area contributed by atoms with E-state index in [1.807, 2.05) is 24.3 Å². The zero-order chi connectivity index (χ0) is 14.1. The zero-order valence-corrected chi connectivity index (χ0v) is 11.6. The van der Waals surface area contributed by atoms with Gasteiger partial charge < -0.3 is 9.47 Å². The maximum atomic E-state index is 5.84. The average Bonchev–Trinajstić information content (AvgIpc) is 2.97. The molecule has 1 radical (unpaired) electrons. The van der Waals surface area contributed by atoms with Gasteiger partial charge in [-0.2, -0.15) is 0 Å². The fourth-order valence-corrected chi connectivity index (χ4v) is 3.10. The summed E-state index contributed by atoms with van der Waals surface area (Å²) in [5, 5.41) is 4.99. The van der Waals surface area contributed by atoms with E-state index < -0.39 is 5.54 Å². The molecule has 0 bridgehead atoms. The summed E-state index contributed by atoms with van der Waals surface area (Å²) in [6.07, 6.45) is 15.0. The van der Waals surface area contributed by atoms with E-state index in [1.54, 1.807) is 12.5 Å². The van der Waals surface area contributed by atoms with E-state index in [4.69, 9.17) is 14.8 Å². The number of benzene rings is 1. The molecule has 3 heterocycles. The van der Waals surface area contributed by atoms with E-state index in [0.717, 1.165) is 24.3 Å². The van der Waals surface area contributed by atoms with Gasteiger partial charge >= 0.3 is 0 Å². The van der Waals surface area contributed by atoms with Crippen LogP contribution < -0.4 is 5.32 Å². The fourth-order valence-electron chi connectivity index (χ4n) is 3.10. The molecule has 2 atom stereocenters. The minimum Gasteiger partial charge on any atom is -0.491 e. The van der Waals surface area contributed by atoms with Gasteiger partial charge in [0.15, 0.2) is 5.54 Å². The van der Waals surface area contributed by atoms with Crippen LogP contribution in [0.2, 0.25) is 0 Å². The number of rotatable bonds is 2. The molecule has 3 aliphatic heterocycles. The molecular weight excluding hydrogens is 262 g/mol. The first-order valence-electron chi connectivity index (χ1n) is 7.20. The normalized spacial score (nSPS) is 29.1. The van der Waals surface area contributed by atoms with Gasteiger partial charge in [-0.15, -0.1) is 0 Å². The van der Waals surface area contributed by atoms with Crippen molar-refractivity contribution >= 4 is 5.69 Å². The number of fused-ring (bicyclic) bond motifs is 1. The van der Waals surface area contributed by atoms with Gasteiger partial charge in [-0.25, -0.2) is 0 Å². The lowest BCUT2D eigenvalue weighted by molar-refractivity contribution is 0.0787. The Morgan fingerprint density at radius 1 is 1.14 bits per heavy atom. The van der Waals surface area contributed by atoms with Gasteiger partial charge in [-0.1, -0.05) is 24.3 Å². The molecule has 0 N–H and O–H groups in total. The highest BCUT2D eigenvalue weighted by Crippen LogP contribution is 2.42. The molecule has 0 amide bonds. The Balaban J connectivity index is 1.76. The van der Waals surface area contributed by atoms with Crippen molar-refractivity contribution in [1.29, 1.82) is 0 Å². The summed E-state index contributed by atoms with van der Waals surface area (Å²) >= 11 is 0. The molecule has 1 aromatic rings. The summed E-state index contributed by atoms with van der Waals surface area (Å²) in [6, 6.07) is 8.25. The Morgan fingerprint density at radius 3 is 2.86 bits per heavy atom. The van der Waals surface area contributed by atoms with E-state index in [9.17, 15) is 0 Å². The minimum atomic E-state index is -0.504. The van der Waals surface area contributed by atoms with Crippen molar-refractivity contribution in [2.45, 2.75) is 24.5 Å². The smallest absolute Gasteiger partial charge is 0.163 e. The van der Waals surface area contributed by atoms with Crippen LogP contribution in [0.3, 0.4) is 0 Å². The Kier molecular flexibility index (Phi) is 2.85. The number of allylic oxidation sites excluding steroid dienone is 4. The molecule has 3 heteroatoms. The number of nitrogens with zero attached hydrogens (tertiary/aromatic N) is 1. The highest BCUT2D eigenvalue weighted by molar-refractivity contribution is 5.55. The summed E-state index contributed by atoms with van der Waals surface area (Å²) < 4.78 is 11.6. The fraction of sp³-hybridized carbons (Fsp3) is 0.222. The number of para-hydroxylation sites is 1. The molecule has 0 spiro atoms. The van der Waals surface area contributed by atoms with Crippen LogP contribution in [0.25, 0.3) is 0 Å². The number of ether oxygens (including phenoxy) is 2. The van der Waals surface area contributed by atoms with Crippen LogP contribution in [0.5, 0.6) is 0 Å². The van der Waals surface area contributed by atoms with Crippen LogP contribution in [-0.4, -0.2) is 11.6 Å². The second-order valence-electron chi connectivity index (χ2n) is 5.41. The third-order valence-electron chi connectivity index (χ3n) is 4.10. The van der Waals surface area contributed by atoms with Gasteiger partial charge in [0.25, 0.3) is 0 Å². The molecule has 0 aliphatic carbocycles. The lowest BCUT2D eigenvalue weighted by Gasteiger charge is -2.36. The minimum absolute atomic E-state index is 0.146. The zero-order valence-electron chi connectivity index (χ0n) is 11.6. The second-order valence-corrected chi connectivity index (χ2v) is 5.41. The van der Waals surface area contributed by atoms with Crippen LogP contribution in [0.4, 0.5) is 5.69 Å². The molecule has 3 aliphatic rings. The first-order valence-corrected chi connectivity index (χ1v) is 7.20. The second kappa shape index (κ2) is 4.85. The molecule has 0 fully saturated rings. The van der Waals surface area contributed by atoms with Crippen LogP contribution in [0, 0.1) is 0 Å². The van der Waals surface area contributed by atoms with Crippen molar-refractivity contribution in [3.63, 3.8) is 0 Å². The summed E-state index contributed by atoms with van der Waals surface area (Å²) in [7, 11) is 0. The van der Waals surface area contributed by atoms with Crippen molar-refractivity contribution in [2.24, 2.45) is 0 Å². The first-order chi connectivity index (χ1) is 10.4. The largest absolute Gasteiger partial charge is 0.491 e. The summed E-state index contributed by atoms with van der Waals surface area (Å²) in [6.45, 7) is 0. The predicted octanol–water partition coefficient (Wildman–Crippen LogP) is 3.50. The third-order valence-corrected chi connectivity index (χ3v) is 4.10. The van der Waals surface area contributed by atoms with Crippen LogP contribution in [0.15, 0.2) is 72.9 Å². The van der Waals surface area contributed by atoms with Crippen molar-refractivity contribution in [3.8, 4) is 0 Å². The maximum absolute atomic E-state index is 5.84. The molecule has 21 heavy (non-hydrogen) atoms. The van der Waals surface area contributed by atoms with Crippen molar-refractivity contribution < 1.29 is 9.47 Å². The molecule has 1 aromatic carbocycles. The third kappa shape index (κ3) is 1.97. The molecule has 0 aromatic heterocycles. The lowest BCUT2D eigenvalue weighted by atomic mass is 9.85. The van der Waals surface area contributed by atoms with Crippen molar-refractivity contribution in [3.05, 3.63) is 78.5 Å². The molecule has 0 saturated carbocycles. The molecule has 0 saturated heterocycles. The summed E-state index contributed by atoms with van der Waals surface area (Å²) in [5.74, 6) is 0.881. The van der Waals surface area contributed by atoms with Gasteiger partial charge in [0.05, 0.1) is 18.2 Å². The average molecular weight is 278 g/mol. The van der Waals surface area contributed by atoms with Crippen LogP contribution in [0.1, 0.15) is 12.0 Å². The van der Waals surface area contributed by atoms with Gasteiger partial charge in [-0.3, -0.25) is 5.32 Å². The van der Waals surface area contributed by atoms with E-state index in [1.165, 1.54) is 5.56 Å². The lowest BCUT2D eigenvalue weighted by Crippen LogP contribution is -2.50. The first kappa shape index (κ1) is 12.3. The maximum Gasteiger partial charge on any atom is 0.163 e. The molecule has 105 valence electrons. The van der Waals surface area contributed by atoms with E-state index in [2.05, 4.69) is 30.4 Å². The highest BCUT2D eigenvalue weighted by Gasteiger charge is 2.50. The SMILES string of the molecule is C1=COC(C2(C3=CCC=CO3)Cc3ccccc3[N]2)C=C1. The van der Waals surface area contributed by atoms with E-state index in [-0.39, 0.29) is 6.10 Å². The summed E-state index contributed by atoms with van der Waals surface area (Å²) in [4.78, 5) is 0. The van der Waals surface area contributed by atoms with Gasteiger partial charge in [0, 0.05) is 6.42 Å². The van der Waals surface area contributed by atoms with Gasteiger partial charge in [0.2, 0.25) is 0 Å². The Bertz CT molecular complexity index is 645. The van der Waals surface area contributed by atoms with Gasteiger partial charge in [0.1, 0.15) is 11.9 Å². The Labute approximate surface area is 124 Å². The summed E-state index contributed by atoms with van der Waals surface area (Å²) in [5.41, 5.74) is 1.77. The topological polar surface area (TPSA) is 32.6 Å². The standard InChI is InChI=1S/C18H16NO2/c1-2-8-15-14(7-1)13-18(19-15,16-9-3-5-11-20-16)17-10-4-6-12-21-17/h1-3,5-12,16H,4,13H2. The van der Waals surface area contributed by atoms with E-state index >= 15 is 0 Å². The van der Waals surface area contributed by atoms with Crippen molar-refractivity contribution in [1.82, 2.24) is 5.32 Å². The Morgan fingerprint density at radius 2 is 2.10 bits per heavy atom. The van der Waals surface area contributed by atoms with Crippen LogP contribution in [-0.2, 0) is 15.9 Å². The number of hydrogen-bond donors (Lipinski definition) is 0. The number of hydrogen-bond acceptors (Lipinski definition) is 2. The molecule has 4 rings (SSSR count). The molecular formula is C18H16NO2. The monoisotopic (exact) mass is 278 g/mol. The van der Waals surface area contributed by atoms with Crippen LogP contribution >= 0.6 is 0 Å². The van der Waals surface area contributed by atoms with Crippen molar-refractivity contribution in [2.75, 3.05) is 0 Å². The van der Waals surface area contributed by atoms with E-state index in [0.29, 0.717) is 0 Å². The highest BCUT2D eigenvalue weighted by atomic mass is 16.5. The predicted molar refractivity (Wildman–Crippen MR) is 80.7 cm³/mol. The molecule has 2 unspecified atom stereocenters.